The van der Waals surface area contributed by atoms with E-state index in [4.69, 9.17) is 9.47 Å². The molecule has 1 aliphatic heterocycles. The first kappa shape index (κ1) is 16.9. The lowest BCUT2D eigenvalue weighted by molar-refractivity contribution is 0.102. The molecular formula is C21H19N3O3. The number of benzene rings is 2. The Bertz CT molecular complexity index is 971. The molecule has 0 radical (unpaired) electrons. The van der Waals surface area contributed by atoms with Gasteiger partial charge in [-0.1, -0.05) is 19.1 Å². The fraction of sp³-hybridized carbons (Fsp3) is 0.143. The van der Waals surface area contributed by atoms with Crippen molar-refractivity contribution in [2.45, 2.75) is 13.3 Å². The van der Waals surface area contributed by atoms with Crippen molar-refractivity contribution in [1.29, 1.82) is 0 Å². The lowest BCUT2D eigenvalue weighted by Crippen LogP contribution is -2.13. The summed E-state index contributed by atoms with van der Waals surface area (Å²) in [5, 5.41) is 6.12. The van der Waals surface area contributed by atoms with Gasteiger partial charge in [0.05, 0.1) is 0 Å². The standard InChI is InChI=1S/C21H19N3O3/c1-2-14-3-5-15(6-4-14)23-17-9-10-22-18(11-17)21(25)24-16-7-8-19-20(12-16)27-13-26-19/h3-12H,2,13H2,1H3,(H,22,23)(H,24,25). The number of carbonyl (C=O) groups is 1. The fourth-order valence-corrected chi connectivity index (χ4v) is 2.79. The number of nitrogens with one attached hydrogen (secondary N) is 2. The highest BCUT2D eigenvalue weighted by Gasteiger charge is 2.15. The second kappa shape index (κ2) is 7.37. The van der Waals surface area contributed by atoms with Crippen LogP contribution >= 0.6 is 0 Å². The fourth-order valence-electron chi connectivity index (χ4n) is 2.79. The number of carbonyl (C=O) groups excluding carboxylic acids is 1. The summed E-state index contributed by atoms with van der Waals surface area (Å²) in [7, 11) is 0. The molecule has 0 spiro atoms. The number of hydrogen-bond acceptors (Lipinski definition) is 5. The van der Waals surface area contributed by atoms with Gasteiger partial charge < -0.3 is 20.1 Å². The molecule has 3 aromatic rings. The molecule has 0 saturated heterocycles. The van der Waals surface area contributed by atoms with Crippen LogP contribution in [0.15, 0.2) is 60.8 Å². The highest BCUT2D eigenvalue weighted by Crippen LogP contribution is 2.34. The minimum absolute atomic E-state index is 0.196. The molecule has 1 amide bonds. The molecule has 0 aliphatic carbocycles. The van der Waals surface area contributed by atoms with Gasteiger partial charge in [-0.05, 0) is 48.4 Å². The van der Waals surface area contributed by atoms with E-state index in [2.05, 4.69) is 34.7 Å². The molecule has 2 heterocycles. The molecule has 0 saturated carbocycles. The average molecular weight is 361 g/mol. The quantitative estimate of drug-likeness (QED) is 0.706. The number of fused-ring (bicyclic) bond motifs is 1. The Morgan fingerprint density at radius 2 is 1.74 bits per heavy atom. The number of amides is 1. The summed E-state index contributed by atoms with van der Waals surface area (Å²) >= 11 is 0. The van der Waals surface area contributed by atoms with Crippen LogP contribution in [0.3, 0.4) is 0 Å². The van der Waals surface area contributed by atoms with E-state index in [0.29, 0.717) is 22.9 Å². The summed E-state index contributed by atoms with van der Waals surface area (Å²) in [6.07, 6.45) is 2.61. The second-order valence-electron chi connectivity index (χ2n) is 6.13. The van der Waals surface area contributed by atoms with Gasteiger partial charge in [0.1, 0.15) is 5.69 Å². The van der Waals surface area contributed by atoms with Gasteiger partial charge in [-0.3, -0.25) is 9.78 Å². The second-order valence-corrected chi connectivity index (χ2v) is 6.13. The number of hydrogen-bond donors (Lipinski definition) is 2. The summed E-state index contributed by atoms with van der Waals surface area (Å²) in [5.41, 5.74) is 3.98. The molecule has 0 bridgehead atoms. The van der Waals surface area contributed by atoms with E-state index in [9.17, 15) is 4.79 Å². The van der Waals surface area contributed by atoms with Crippen LogP contribution in [-0.4, -0.2) is 17.7 Å². The first-order chi connectivity index (χ1) is 13.2. The van der Waals surface area contributed by atoms with Gasteiger partial charge in [0.2, 0.25) is 6.79 Å². The van der Waals surface area contributed by atoms with E-state index in [0.717, 1.165) is 17.8 Å². The maximum absolute atomic E-state index is 12.5. The molecule has 0 fully saturated rings. The zero-order valence-electron chi connectivity index (χ0n) is 14.9. The normalized spacial score (nSPS) is 11.9. The van der Waals surface area contributed by atoms with Gasteiger partial charge in [-0.15, -0.1) is 0 Å². The molecule has 4 rings (SSSR count). The molecule has 27 heavy (non-hydrogen) atoms. The number of aromatic nitrogens is 1. The Kier molecular flexibility index (Phi) is 4.61. The van der Waals surface area contributed by atoms with Gasteiger partial charge in [0.15, 0.2) is 11.5 Å². The third-order valence-corrected chi connectivity index (χ3v) is 4.27. The van der Waals surface area contributed by atoms with Gasteiger partial charge >= 0.3 is 0 Å². The molecule has 6 heteroatoms. The maximum Gasteiger partial charge on any atom is 0.274 e. The number of pyridine rings is 1. The largest absolute Gasteiger partial charge is 0.454 e. The van der Waals surface area contributed by atoms with Crippen LogP contribution in [0.1, 0.15) is 23.0 Å². The van der Waals surface area contributed by atoms with E-state index in [1.54, 1.807) is 30.5 Å². The number of ether oxygens (including phenoxy) is 2. The van der Waals surface area contributed by atoms with Crippen LogP contribution in [0, 0.1) is 0 Å². The van der Waals surface area contributed by atoms with Crippen molar-refractivity contribution in [1.82, 2.24) is 4.98 Å². The third-order valence-electron chi connectivity index (χ3n) is 4.27. The molecular weight excluding hydrogens is 342 g/mol. The smallest absolute Gasteiger partial charge is 0.274 e. The van der Waals surface area contributed by atoms with Gasteiger partial charge in [0.25, 0.3) is 5.91 Å². The molecule has 2 aromatic carbocycles. The Balaban J connectivity index is 1.47. The van der Waals surface area contributed by atoms with E-state index in [-0.39, 0.29) is 12.7 Å². The van der Waals surface area contributed by atoms with Crippen molar-refractivity contribution in [3.05, 3.63) is 72.1 Å². The van der Waals surface area contributed by atoms with Crippen molar-refractivity contribution in [3.63, 3.8) is 0 Å². The number of anilines is 3. The number of aryl methyl sites for hydroxylation is 1. The topological polar surface area (TPSA) is 72.5 Å². The Morgan fingerprint density at radius 3 is 2.56 bits per heavy atom. The van der Waals surface area contributed by atoms with Crippen LogP contribution in [0.2, 0.25) is 0 Å². The number of rotatable bonds is 5. The monoisotopic (exact) mass is 361 g/mol. The van der Waals surface area contributed by atoms with E-state index in [1.165, 1.54) is 5.56 Å². The predicted octanol–water partition coefficient (Wildman–Crippen LogP) is 4.37. The van der Waals surface area contributed by atoms with Crippen molar-refractivity contribution < 1.29 is 14.3 Å². The summed E-state index contributed by atoms with van der Waals surface area (Å²) < 4.78 is 10.6. The van der Waals surface area contributed by atoms with E-state index >= 15 is 0 Å². The SMILES string of the molecule is CCc1ccc(Nc2ccnc(C(=O)Nc3ccc4c(c3)OCO4)c2)cc1. The molecule has 0 unspecified atom stereocenters. The van der Waals surface area contributed by atoms with E-state index < -0.39 is 0 Å². The van der Waals surface area contributed by atoms with Crippen LogP contribution in [0.4, 0.5) is 17.1 Å². The zero-order valence-corrected chi connectivity index (χ0v) is 14.9. The van der Waals surface area contributed by atoms with Crippen molar-refractivity contribution in [2.24, 2.45) is 0 Å². The molecule has 2 N–H and O–H groups in total. The Morgan fingerprint density at radius 1 is 0.963 bits per heavy atom. The summed E-state index contributed by atoms with van der Waals surface area (Å²) in [6.45, 7) is 2.32. The summed E-state index contributed by atoms with van der Waals surface area (Å²) in [4.78, 5) is 16.7. The van der Waals surface area contributed by atoms with Crippen LogP contribution in [0.5, 0.6) is 11.5 Å². The van der Waals surface area contributed by atoms with Crippen molar-refractivity contribution in [2.75, 3.05) is 17.4 Å². The molecule has 6 nitrogen and oxygen atoms in total. The molecule has 1 aromatic heterocycles. The number of nitrogens with zero attached hydrogens (tertiary/aromatic N) is 1. The van der Waals surface area contributed by atoms with Crippen LogP contribution in [0.25, 0.3) is 0 Å². The van der Waals surface area contributed by atoms with Crippen LogP contribution in [-0.2, 0) is 6.42 Å². The van der Waals surface area contributed by atoms with Crippen molar-refractivity contribution >= 4 is 23.0 Å². The van der Waals surface area contributed by atoms with Gasteiger partial charge in [-0.25, -0.2) is 0 Å². The molecule has 1 aliphatic rings. The van der Waals surface area contributed by atoms with Crippen LogP contribution < -0.4 is 20.1 Å². The van der Waals surface area contributed by atoms with Crippen molar-refractivity contribution in [3.8, 4) is 11.5 Å². The summed E-state index contributed by atoms with van der Waals surface area (Å²) in [6, 6.07) is 17.0. The first-order valence-corrected chi connectivity index (χ1v) is 8.74. The lowest BCUT2D eigenvalue weighted by atomic mass is 10.1. The van der Waals surface area contributed by atoms with Gasteiger partial charge in [0, 0.05) is 29.3 Å². The third kappa shape index (κ3) is 3.84. The first-order valence-electron chi connectivity index (χ1n) is 8.74. The molecule has 136 valence electrons. The minimum Gasteiger partial charge on any atom is -0.454 e. The van der Waals surface area contributed by atoms with E-state index in [1.807, 2.05) is 18.2 Å². The highest BCUT2D eigenvalue weighted by molar-refractivity contribution is 6.03. The lowest BCUT2D eigenvalue weighted by Gasteiger charge is -2.09. The highest BCUT2D eigenvalue weighted by atomic mass is 16.7. The predicted molar refractivity (Wildman–Crippen MR) is 104 cm³/mol. The molecule has 0 atom stereocenters. The minimum atomic E-state index is -0.293. The zero-order chi connectivity index (χ0) is 18.6. The average Bonchev–Trinajstić information content (AvgIpc) is 3.16. The Hall–Kier alpha value is -3.54. The summed E-state index contributed by atoms with van der Waals surface area (Å²) in [5.74, 6) is 0.997. The Labute approximate surface area is 157 Å². The maximum atomic E-state index is 12.5. The van der Waals surface area contributed by atoms with Gasteiger partial charge in [-0.2, -0.15) is 0 Å².